The fourth-order valence-electron chi connectivity index (χ4n) is 3.66. The highest BCUT2D eigenvalue weighted by Gasteiger charge is 2.16. The molecular weight excluding hydrogens is 507 g/mol. The minimum Gasteiger partial charge on any atom is -0.393 e. The number of nitrogens with zero attached hydrogens (tertiary/aromatic N) is 2. The summed E-state index contributed by atoms with van der Waals surface area (Å²) in [6, 6.07) is 13.5. The second-order valence-electron chi connectivity index (χ2n) is 8.01. The molecular formula is C23H35IN4OS. The van der Waals surface area contributed by atoms with Gasteiger partial charge in [-0.05, 0) is 49.9 Å². The van der Waals surface area contributed by atoms with E-state index in [1.54, 1.807) is 0 Å². The molecule has 3 N–H and O–H groups in total. The molecule has 1 atom stereocenters. The van der Waals surface area contributed by atoms with Crippen LogP contribution >= 0.6 is 35.3 Å². The number of aliphatic hydroxyl groups is 1. The van der Waals surface area contributed by atoms with Crippen molar-refractivity contribution < 1.29 is 5.11 Å². The predicted octanol–water partition coefficient (Wildman–Crippen LogP) is 3.93. The van der Waals surface area contributed by atoms with Gasteiger partial charge in [0, 0.05) is 55.4 Å². The lowest BCUT2D eigenvalue weighted by Crippen LogP contribution is -2.42. The number of nitrogens with one attached hydrogen (secondary N) is 2. The van der Waals surface area contributed by atoms with E-state index in [9.17, 15) is 5.11 Å². The summed E-state index contributed by atoms with van der Waals surface area (Å²) in [6.07, 6.45) is 2.67. The standard InChI is InChI=1S/C23H34N4OS.HI/c1-17(14-22-9-4-18(2)29-22)26-23(24-3)25-15-19-5-7-20(8-6-19)16-27-12-10-21(28)11-13-27;/h4-9,17,21,28H,10-16H2,1-3H3,(H2,24,25,26);1H. The maximum absolute atomic E-state index is 9.64. The quantitative estimate of drug-likeness (QED) is 0.282. The molecule has 1 unspecified atom stereocenters. The van der Waals surface area contributed by atoms with Crippen LogP contribution in [0.15, 0.2) is 41.4 Å². The summed E-state index contributed by atoms with van der Waals surface area (Å²) in [5.41, 5.74) is 2.57. The van der Waals surface area contributed by atoms with Gasteiger partial charge in [0.05, 0.1) is 6.10 Å². The van der Waals surface area contributed by atoms with E-state index in [0.717, 1.165) is 51.4 Å². The van der Waals surface area contributed by atoms with E-state index in [1.807, 2.05) is 18.4 Å². The number of hydrogen-bond donors (Lipinski definition) is 3. The zero-order chi connectivity index (χ0) is 20.6. The second kappa shape index (κ2) is 12.6. The van der Waals surface area contributed by atoms with Gasteiger partial charge in [0.25, 0.3) is 0 Å². The average molecular weight is 543 g/mol. The summed E-state index contributed by atoms with van der Waals surface area (Å²) >= 11 is 1.86. The first-order valence-corrected chi connectivity index (χ1v) is 11.3. The van der Waals surface area contributed by atoms with Gasteiger partial charge in [-0.3, -0.25) is 9.89 Å². The van der Waals surface area contributed by atoms with Gasteiger partial charge in [-0.15, -0.1) is 35.3 Å². The van der Waals surface area contributed by atoms with Crippen molar-refractivity contribution in [2.24, 2.45) is 4.99 Å². The molecule has 1 aromatic carbocycles. The Balaban J connectivity index is 0.00000320. The first-order chi connectivity index (χ1) is 14.0. The largest absolute Gasteiger partial charge is 0.393 e. The van der Waals surface area contributed by atoms with E-state index in [0.29, 0.717) is 6.04 Å². The summed E-state index contributed by atoms with van der Waals surface area (Å²) in [6.45, 7) is 8.01. The van der Waals surface area contributed by atoms with Crippen LogP contribution in [-0.4, -0.2) is 48.2 Å². The minimum atomic E-state index is -0.111. The number of aryl methyl sites for hydroxylation is 1. The van der Waals surface area contributed by atoms with Gasteiger partial charge in [0.1, 0.15) is 0 Å². The Morgan fingerprint density at radius 2 is 1.83 bits per heavy atom. The van der Waals surface area contributed by atoms with Crippen LogP contribution in [0.4, 0.5) is 0 Å². The Morgan fingerprint density at radius 3 is 2.43 bits per heavy atom. The Morgan fingerprint density at radius 1 is 1.17 bits per heavy atom. The summed E-state index contributed by atoms with van der Waals surface area (Å²) in [7, 11) is 1.82. The summed E-state index contributed by atoms with van der Waals surface area (Å²) in [5.74, 6) is 0.835. The summed E-state index contributed by atoms with van der Waals surface area (Å²) < 4.78 is 0. The highest BCUT2D eigenvalue weighted by molar-refractivity contribution is 14.0. The molecule has 166 valence electrons. The van der Waals surface area contributed by atoms with Gasteiger partial charge in [0.15, 0.2) is 5.96 Å². The third-order valence-corrected chi connectivity index (χ3v) is 6.38. The van der Waals surface area contributed by atoms with E-state index in [1.165, 1.54) is 20.9 Å². The van der Waals surface area contributed by atoms with Crippen LogP contribution in [0.2, 0.25) is 0 Å². The Labute approximate surface area is 202 Å². The molecule has 0 aliphatic carbocycles. The molecule has 5 nitrogen and oxygen atoms in total. The Bertz CT molecular complexity index is 785. The molecule has 7 heteroatoms. The monoisotopic (exact) mass is 542 g/mol. The van der Waals surface area contributed by atoms with Crippen LogP contribution in [-0.2, 0) is 19.5 Å². The molecule has 0 bridgehead atoms. The first kappa shape index (κ1) is 25.1. The Kier molecular flexibility index (Phi) is 10.6. The van der Waals surface area contributed by atoms with Gasteiger partial charge in [-0.25, -0.2) is 0 Å². The molecule has 0 spiro atoms. The molecule has 30 heavy (non-hydrogen) atoms. The normalized spacial score (nSPS) is 16.7. The van der Waals surface area contributed by atoms with Crippen molar-refractivity contribution in [1.29, 1.82) is 0 Å². The van der Waals surface area contributed by atoms with E-state index < -0.39 is 0 Å². The second-order valence-corrected chi connectivity index (χ2v) is 9.38. The number of aliphatic hydroxyl groups excluding tert-OH is 1. The van der Waals surface area contributed by atoms with Gasteiger partial charge in [0.2, 0.25) is 0 Å². The van der Waals surface area contributed by atoms with Crippen molar-refractivity contribution in [1.82, 2.24) is 15.5 Å². The van der Waals surface area contributed by atoms with Crippen molar-refractivity contribution in [2.75, 3.05) is 20.1 Å². The number of thiophene rings is 1. The van der Waals surface area contributed by atoms with Gasteiger partial charge < -0.3 is 15.7 Å². The number of likely N-dealkylation sites (tertiary alicyclic amines) is 1. The molecule has 1 aliphatic rings. The number of rotatable bonds is 7. The van der Waals surface area contributed by atoms with Crippen molar-refractivity contribution in [3.63, 3.8) is 0 Å². The number of aliphatic imine (C=N–C) groups is 1. The lowest BCUT2D eigenvalue weighted by molar-refractivity contribution is 0.0792. The lowest BCUT2D eigenvalue weighted by atomic mass is 10.1. The van der Waals surface area contributed by atoms with Crippen molar-refractivity contribution in [3.05, 3.63) is 57.3 Å². The van der Waals surface area contributed by atoms with Gasteiger partial charge in [-0.2, -0.15) is 0 Å². The number of guanidine groups is 1. The third-order valence-electron chi connectivity index (χ3n) is 5.36. The molecule has 1 saturated heterocycles. The maximum Gasteiger partial charge on any atom is 0.191 e. The van der Waals surface area contributed by atoms with Crippen LogP contribution in [0, 0.1) is 6.92 Å². The summed E-state index contributed by atoms with van der Waals surface area (Å²) in [5, 5.41) is 16.5. The number of halogens is 1. The van der Waals surface area contributed by atoms with Crippen molar-refractivity contribution in [3.8, 4) is 0 Å². The highest BCUT2D eigenvalue weighted by Crippen LogP contribution is 2.17. The number of benzene rings is 1. The van der Waals surface area contributed by atoms with Crippen LogP contribution in [0.25, 0.3) is 0 Å². The smallest absolute Gasteiger partial charge is 0.191 e. The molecule has 1 fully saturated rings. The third kappa shape index (κ3) is 8.17. The zero-order valence-electron chi connectivity index (χ0n) is 18.2. The first-order valence-electron chi connectivity index (χ1n) is 10.5. The fourth-order valence-corrected chi connectivity index (χ4v) is 4.68. The van der Waals surface area contributed by atoms with Crippen LogP contribution in [0.5, 0.6) is 0 Å². The van der Waals surface area contributed by atoms with E-state index in [4.69, 9.17) is 0 Å². The molecule has 2 aromatic rings. The zero-order valence-corrected chi connectivity index (χ0v) is 21.4. The molecule has 3 rings (SSSR count). The van der Waals surface area contributed by atoms with Crippen molar-refractivity contribution in [2.45, 2.75) is 58.3 Å². The molecule has 1 aliphatic heterocycles. The van der Waals surface area contributed by atoms with E-state index >= 15 is 0 Å². The van der Waals surface area contributed by atoms with Crippen LogP contribution in [0.3, 0.4) is 0 Å². The Hall–Kier alpha value is -1.16. The molecule has 2 heterocycles. The molecule has 0 amide bonds. The lowest BCUT2D eigenvalue weighted by Gasteiger charge is -2.29. The number of piperidine rings is 1. The minimum absolute atomic E-state index is 0. The highest BCUT2D eigenvalue weighted by atomic mass is 127. The van der Waals surface area contributed by atoms with E-state index in [-0.39, 0.29) is 30.1 Å². The number of hydrogen-bond acceptors (Lipinski definition) is 4. The van der Waals surface area contributed by atoms with E-state index in [2.05, 4.69) is 70.8 Å². The van der Waals surface area contributed by atoms with Gasteiger partial charge >= 0.3 is 0 Å². The SMILES string of the molecule is CN=C(NCc1ccc(CN2CCC(O)CC2)cc1)NC(C)Cc1ccc(C)s1.I. The maximum atomic E-state index is 9.64. The molecule has 1 aromatic heterocycles. The molecule has 0 saturated carbocycles. The molecule has 0 radical (unpaired) electrons. The van der Waals surface area contributed by atoms with Crippen LogP contribution in [0.1, 0.15) is 40.6 Å². The van der Waals surface area contributed by atoms with Gasteiger partial charge in [-0.1, -0.05) is 24.3 Å². The summed E-state index contributed by atoms with van der Waals surface area (Å²) in [4.78, 5) is 9.54. The average Bonchev–Trinajstić information content (AvgIpc) is 3.12. The van der Waals surface area contributed by atoms with Crippen molar-refractivity contribution >= 4 is 41.3 Å². The van der Waals surface area contributed by atoms with Crippen LogP contribution < -0.4 is 10.6 Å². The fraction of sp³-hybridized carbons (Fsp3) is 0.522. The topological polar surface area (TPSA) is 59.9 Å². The predicted molar refractivity (Wildman–Crippen MR) is 138 cm³/mol.